The van der Waals surface area contributed by atoms with E-state index in [9.17, 15) is 4.79 Å². The highest BCUT2D eigenvalue weighted by Gasteiger charge is 2.27. The summed E-state index contributed by atoms with van der Waals surface area (Å²) in [5.41, 5.74) is 3.82. The highest BCUT2D eigenvalue weighted by molar-refractivity contribution is 6.31. The molecule has 0 saturated carbocycles. The fourth-order valence-corrected chi connectivity index (χ4v) is 2.81. The monoisotopic (exact) mass is 325 g/mol. The SMILES string of the molecule is O=C1NC(c2cn[nH]c2-c2cccnc2)Nc2ccc(Cl)cc21. The number of aromatic amines is 1. The van der Waals surface area contributed by atoms with E-state index in [0.717, 1.165) is 22.5 Å². The molecule has 1 aliphatic rings. The van der Waals surface area contributed by atoms with Crippen LogP contribution in [0.5, 0.6) is 0 Å². The van der Waals surface area contributed by atoms with Crippen LogP contribution in [-0.2, 0) is 0 Å². The van der Waals surface area contributed by atoms with Crippen LogP contribution in [0, 0.1) is 0 Å². The van der Waals surface area contributed by atoms with E-state index in [4.69, 9.17) is 11.6 Å². The number of nitrogens with zero attached hydrogens (tertiary/aromatic N) is 2. The van der Waals surface area contributed by atoms with Crippen molar-refractivity contribution in [2.75, 3.05) is 5.32 Å². The Labute approximate surface area is 136 Å². The van der Waals surface area contributed by atoms with Gasteiger partial charge in [0.2, 0.25) is 0 Å². The molecule has 23 heavy (non-hydrogen) atoms. The molecule has 1 amide bonds. The van der Waals surface area contributed by atoms with Crippen molar-refractivity contribution in [2.24, 2.45) is 0 Å². The van der Waals surface area contributed by atoms with E-state index < -0.39 is 0 Å². The first kappa shape index (κ1) is 13.8. The Morgan fingerprint density at radius 2 is 2.04 bits per heavy atom. The largest absolute Gasteiger partial charge is 0.361 e. The molecule has 6 nitrogen and oxygen atoms in total. The van der Waals surface area contributed by atoms with Gasteiger partial charge in [-0.25, -0.2) is 0 Å². The van der Waals surface area contributed by atoms with Gasteiger partial charge in [0.25, 0.3) is 5.91 Å². The van der Waals surface area contributed by atoms with Gasteiger partial charge in [-0.1, -0.05) is 11.6 Å². The number of carbonyl (C=O) groups is 1. The van der Waals surface area contributed by atoms with Crippen LogP contribution in [0.25, 0.3) is 11.3 Å². The lowest BCUT2D eigenvalue weighted by Gasteiger charge is -2.28. The quantitative estimate of drug-likeness (QED) is 0.676. The summed E-state index contributed by atoms with van der Waals surface area (Å²) < 4.78 is 0. The predicted octanol–water partition coefficient (Wildman–Crippen LogP) is 2.98. The Balaban J connectivity index is 1.73. The molecule has 3 aromatic rings. The maximum Gasteiger partial charge on any atom is 0.255 e. The van der Waals surface area contributed by atoms with Gasteiger partial charge in [-0.15, -0.1) is 0 Å². The minimum atomic E-state index is -0.384. The van der Waals surface area contributed by atoms with Crippen molar-refractivity contribution in [1.82, 2.24) is 20.5 Å². The number of H-pyrrole nitrogens is 1. The number of rotatable bonds is 2. The van der Waals surface area contributed by atoms with Gasteiger partial charge in [-0.05, 0) is 30.3 Å². The van der Waals surface area contributed by atoms with Gasteiger partial charge < -0.3 is 10.6 Å². The van der Waals surface area contributed by atoms with Crippen LogP contribution in [0.15, 0.2) is 48.9 Å². The zero-order valence-electron chi connectivity index (χ0n) is 11.9. The zero-order chi connectivity index (χ0) is 15.8. The summed E-state index contributed by atoms with van der Waals surface area (Å²) in [6, 6.07) is 8.98. The average Bonchev–Trinajstić information content (AvgIpc) is 3.06. The highest BCUT2D eigenvalue weighted by Crippen LogP contribution is 2.32. The van der Waals surface area contributed by atoms with Crippen LogP contribution in [0.4, 0.5) is 5.69 Å². The number of benzene rings is 1. The number of anilines is 1. The number of hydrogen-bond donors (Lipinski definition) is 3. The lowest BCUT2D eigenvalue weighted by molar-refractivity contribution is 0.0936. The number of amides is 1. The van der Waals surface area contributed by atoms with Crippen molar-refractivity contribution < 1.29 is 4.79 Å². The van der Waals surface area contributed by atoms with Crippen molar-refractivity contribution >= 4 is 23.2 Å². The summed E-state index contributed by atoms with van der Waals surface area (Å²) in [6.07, 6.45) is 4.77. The molecular formula is C16H12ClN5O. The Kier molecular flexibility index (Phi) is 3.24. The molecule has 0 spiro atoms. The minimum Gasteiger partial charge on any atom is -0.361 e. The number of halogens is 1. The normalized spacial score (nSPS) is 16.4. The summed E-state index contributed by atoms with van der Waals surface area (Å²) in [7, 11) is 0. The molecule has 1 unspecified atom stereocenters. The van der Waals surface area contributed by atoms with E-state index in [1.807, 2.05) is 12.1 Å². The lowest BCUT2D eigenvalue weighted by Crippen LogP contribution is -2.38. The van der Waals surface area contributed by atoms with Crippen LogP contribution in [0.1, 0.15) is 22.1 Å². The number of pyridine rings is 1. The molecule has 3 heterocycles. The summed E-state index contributed by atoms with van der Waals surface area (Å²) in [5, 5.41) is 13.8. The Bertz CT molecular complexity index is 877. The second-order valence-corrected chi connectivity index (χ2v) is 5.62. The second kappa shape index (κ2) is 5.40. The Morgan fingerprint density at radius 3 is 2.87 bits per heavy atom. The smallest absolute Gasteiger partial charge is 0.255 e. The molecule has 0 saturated heterocycles. The summed E-state index contributed by atoms with van der Waals surface area (Å²) >= 11 is 5.95. The molecule has 0 fully saturated rings. The molecule has 0 aliphatic carbocycles. The third kappa shape index (κ3) is 2.43. The fourth-order valence-electron chi connectivity index (χ4n) is 2.64. The van der Waals surface area contributed by atoms with E-state index in [1.165, 1.54) is 0 Å². The van der Waals surface area contributed by atoms with Gasteiger partial charge in [0.05, 0.1) is 17.5 Å². The first-order valence-corrected chi connectivity index (χ1v) is 7.41. The van der Waals surface area contributed by atoms with E-state index in [1.54, 1.807) is 36.8 Å². The summed E-state index contributed by atoms with van der Waals surface area (Å²) in [4.78, 5) is 16.5. The second-order valence-electron chi connectivity index (χ2n) is 5.18. The number of aromatic nitrogens is 3. The maximum atomic E-state index is 12.3. The predicted molar refractivity (Wildman–Crippen MR) is 87.1 cm³/mol. The van der Waals surface area contributed by atoms with Crippen LogP contribution < -0.4 is 10.6 Å². The third-order valence-electron chi connectivity index (χ3n) is 3.73. The third-order valence-corrected chi connectivity index (χ3v) is 3.97. The molecule has 4 rings (SSSR count). The highest BCUT2D eigenvalue weighted by atomic mass is 35.5. The van der Waals surface area contributed by atoms with Gasteiger partial charge in [-0.2, -0.15) is 5.10 Å². The summed E-state index contributed by atoms with van der Waals surface area (Å²) in [5.74, 6) is -0.176. The van der Waals surface area contributed by atoms with Crippen LogP contribution in [-0.4, -0.2) is 21.1 Å². The topological polar surface area (TPSA) is 82.7 Å². The molecule has 1 aliphatic heterocycles. The molecule has 0 radical (unpaired) electrons. The van der Waals surface area contributed by atoms with Crippen LogP contribution in [0.2, 0.25) is 5.02 Å². The molecule has 2 aromatic heterocycles. The average molecular weight is 326 g/mol. The molecular weight excluding hydrogens is 314 g/mol. The minimum absolute atomic E-state index is 0.176. The summed E-state index contributed by atoms with van der Waals surface area (Å²) in [6.45, 7) is 0. The van der Waals surface area contributed by atoms with Crippen LogP contribution in [0.3, 0.4) is 0 Å². The first-order chi connectivity index (χ1) is 11.2. The van der Waals surface area contributed by atoms with Crippen molar-refractivity contribution in [2.45, 2.75) is 6.17 Å². The molecule has 114 valence electrons. The number of nitrogens with one attached hydrogen (secondary N) is 3. The van der Waals surface area contributed by atoms with Gasteiger partial charge in [0.1, 0.15) is 6.17 Å². The van der Waals surface area contributed by atoms with E-state index in [2.05, 4.69) is 25.8 Å². The Morgan fingerprint density at radius 1 is 1.13 bits per heavy atom. The van der Waals surface area contributed by atoms with Crippen molar-refractivity contribution in [3.63, 3.8) is 0 Å². The standard InChI is InChI=1S/C16H12ClN5O/c17-10-3-4-13-11(6-10)16(23)21-15(20-13)12-8-19-22-14(12)9-2-1-5-18-7-9/h1-8,15,20H,(H,19,22)(H,21,23). The molecule has 3 N–H and O–H groups in total. The molecule has 1 aromatic carbocycles. The van der Waals surface area contributed by atoms with Crippen molar-refractivity contribution in [3.8, 4) is 11.3 Å². The number of hydrogen-bond acceptors (Lipinski definition) is 4. The van der Waals surface area contributed by atoms with Gasteiger partial charge >= 0.3 is 0 Å². The Hall–Kier alpha value is -2.86. The van der Waals surface area contributed by atoms with Crippen molar-refractivity contribution in [3.05, 3.63) is 65.1 Å². The van der Waals surface area contributed by atoms with E-state index >= 15 is 0 Å². The fraction of sp³-hybridized carbons (Fsp3) is 0.0625. The van der Waals surface area contributed by atoms with Gasteiger partial charge in [0, 0.05) is 34.2 Å². The first-order valence-electron chi connectivity index (χ1n) is 7.03. The zero-order valence-corrected chi connectivity index (χ0v) is 12.6. The molecule has 7 heteroatoms. The maximum absolute atomic E-state index is 12.3. The van der Waals surface area contributed by atoms with E-state index in [-0.39, 0.29) is 12.1 Å². The van der Waals surface area contributed by atoms with Crippen LogP contribution >= 0.6 is 11.6 Å². The van der Waals surface area contributed by atoms with E-state index in [0.29, 0.717) is 10.6 Å². The molecule has 0 bridgehead atoms. The van der Waals surface area contributed by atoms with Crippen molar-refractivity contribution in [1.29, 1.82) is 0 Å². The van der Waals surface area contributed by atoms with Gasteiger partial charge in [-0.3, -0.25) is 14.9 Å². The number of carbonyl (C=O) groups excluding carboxylic acids is 1. The lowest BCUT2D eigenvalue weighted by atomic mass is 10.0. The number of fused-ring (bicyclic) bond motifs is 1. The molecule has 1 atom stereocenters. The van der Waals surface area contributed by atoms with Gasteiger partial charge in [0.15, 0.2) is 0 Å².